The smallest absolute Gasteiger partial charge is 0.324 e. The van der Waals surface area contributed by atoms with E-state index in [2.05, 4.69) is 15.5 Å². The average Bonchev–Trinajstić information content (AvgIpc) is 3.18. The maximum Gasteiger partial charge on any atom is 0.324 e. The molecule has 3 rings (SSSR count). The molecule has 0 unspecified atom stereocenters. The fourth-order valence-electron chi connectivity index (χ4n) is 3.08. The van der Waals surface area contributed by atoms with Crippen LogP contribution in [-0.4, -0.2) is 73.1 Å². The van der Waals surface area contributed by atoms with Gasteiger partial charge < -0.3 is 29.8 Å². The molecule has 0 radical (unpaired) electrons. The van der Waals surface area contributed by atoms with Crippen molar-refractivity contribution in [2.75, 3.05) is 50.1 Å². The second-order valence-electron chi connectivity index (χ2n) is 6.95. The first-order valence-corrected chi connectivity index (χ1v) is 9.28. The summed E-state index contributed by atoms with van der Waals surface area (Å²) < 4.78 is 10.4. The van der Waals surface area contributed by atoms with Crippen LogP contribution in [0.3, 0.4) is 0 Å². The quantitative estimate of drug-likeness (QED) is 0.699. The van der Waals surface area contributed by atoms with Crippen LogP contribution >= 0.6 is 0 Å². The lowest BCUT2D eigenvalue weighted by atomic mass is 10.1. The van der Waals surface area contributed by atoms with Crippen LogP contribution in [0.15, 0.2) is 22.7 Å². The van der Waals surface area contributed by atoms with Crippen molar-refractivity contribution in [1.82, 2.24) is 15.0 Å². The van der Waals surface area contributed by atoms with Gasteiger partial charge in [0.25, 0.3) is 0 Å². The standard InChI is InChI=1S/C19H26N6O3/c1-13(2)21-16-10-14(4-5-15(16)11-20)18-22-19(28-23-18)25-8-6-24(7-9-25)17(26)12-27-3/h4-5,10-11,13,20-21H,6-9,12H2,1-3H3. The summed E-state index contributed by atoms with van der Waals surface area (Å²) in [6.07, 6.45) is 1.32. The molecule has 0 spiro atoms. The van der Waals surface area contributed by atoms with E-state index in [9.17, 15) is 4.79 Å². The minimum atomic E-state index is -0.00941. The SMILES string of the molecule is COCC(=O)N1CCN(c2nc(-c3ccc(C=N)c(NC(C)C)c3)no2)CC1. The molecule has 150 valence electrons. The van der Waals surface area contributed by atoms with Gasteiger partial charge in [-0.15, -0.1) is 0 Å². The number of piperazine rings is 1. The van der Waals surface area contributed by atoms with E-state index in [0.29, 0.717) is 38.0 Å². The molecule has 0 saturated carbocycles. The van der Waals surface area contributed by atoms with E-state index in [1.165, 1.54) is 13.3 Å². The predicted molar refractivity (Wildman–Crippen MR) is 107 cm³/mol. The number of nitrogens with one attached hydrogen (secondary N) is 2. The van der Waals surface area contributed by atoms with Crippen LogP contribution in [0.2, 0.25) is 0 Å². The molecule has 0 bridgehead atoms. The number of rotatable bonds is 7. The van der Waals surface area contributed by atoms with Gasteiger partial charge in [0.1, 0.15) is 6.61 Å². The Morgan fingerprint density at radius 3 is 2.75 bits per heavy atom. The highest BCUT2D eigenvalue weighted by atomic mass is 16.5. The molecule has 1 aromatic heterocycles. The molecule has 0 atom stereocenters. The fourth-order valence-corrected chi connectivity index (χ4v) is 3.08. The number of methoxy groups -OCH3 is 1. The van der Waals surface area contributed by atoms with Gasteiger partial charge in [-0.05, 0) is 19.9 Å². The van der Waals surface area contributed by atoms with Gasteiger partial charge in [0.2, 0.25) is 11.7 Å². The molecule has 1 aromatic carbocycles. The second kappa shape index (κ2) is 8.83. The van der Waals surface area contributed by atoms with Crippen molar-refractivity contribution in [3.05, 3.63) is 23.8 Å². The van der Waals surface area contributed by atoms with Gasteiger partial charge >= 0.3 is 6.01 Å². The summed E-state index contributed by atoms with van der Waals surface area (Å²) in [5.41, 5.74) is 2.48. The molecule has 1 aliphatic heterocycles. The Bertz CT molecular complexity index is 827. The Morgan fingerprint density at radius 2 is 2.11 bits per heavy atom. The summed E-state index contributed by atoms with van der Waals surface area (Å²) in [7, 11) is 1.52. The summed E-state index contributed by atoms with van der Waals surface area (Å²) >= 11 is 0. The number of aromatic nitrogens is 2. The third kappa shape index (κ3) is 4.48. The highest BCUT2D eigenvalue weighted by molar-refractivity contribution is 5.87. The van der Waals surface area contributed by atoms with Gasteiger partial charge in [0.05, 0.1) is 0 Å². The molecular formula is C19H26N6O3. The van der Waals surface area contributed by atoms with Crippen molar-refractivity contribution in [3.63, 3.8) is 0 Å². The Hall–Kier alpha value is -2.94. The molecule has 1 amide bonds. The lowest BCUT2D eigenvalue weighted by Crippen LogP contribution is -2.49. The van der Waals surface area contributed by atoms with Gasteiger partial charge in [-0.3, -0.25) is 4.79 Å². The number of carbonyl (C=O) groups is 1. The number of amides is 1. The van der Waals surface area contributed by atoms with E-state index >= 15 is 0 Å². The van der Waals surface area contributed by atoms with Crippen molar-refractivity contribution in [1.29, 1.82) is 5.41 Å². The molecule has 2 heterocycles. The van der Waals surface area contributed by atoms with Crippen LogP contribution in [-0.2, 0) is 9.53 Å². The number of benzene rings is 1. The second-order valence-corrected chi connectivity index (χ2v) is 6.95. The van der Waals surface area contributed by atoms with E-state index in [-0.39, 0.29) is 18.6 Å². The number of hydrogen-bond donors (Lipinski definition) is 2. The summed E-state index contributed by atoms with van der Waals surface area (Å²) in [6, 6.07) is 6.36. The highest BCUT2D eigenvalue weighted by Crippen LogP contribution is 2.26. The van der Waals surface area contributed by atoms with Crippen LogP contribution in [0.25, 0.3) is 11.4 Å². The van der Waals surface area contributed by atoms with E-state index in [1.807, 2.05) is 36.9 Å². The Morgan fingerprint density at radius 1 is 1.36 bits per heavy atom. The molecule has 1 saturated heterocycles. The van der Waals surface area contributed by atoms with Gasteiger partial charge in [-0.2, -0.15) is 4.98 Å². The van der Waals surface area contributed by atoms with Gasteiger partial charge in [0.15, 0.2) is 0 Å². The summed E-state index contributed by atoms with van der Waals surface area (Å²) in [4.78, 5) is 20.2. The van der Waals surface area contributed by atoms with Gasteiger partial charge in [0, 0.05) is 62.4 Å². The lowest BCUT2D eigenvalue weighted by Gasteiger charge is -2.33. The fraction of sp³-hybridized carbons (Fsp3) is 0.474. The number of anilines is 2. The maximum atomic E-state index is 11.9. The van der Waals surface area contributed by atoms with Crippen LogP contribution in [0.5, 0.6) is 0 Å². The largest absolute Gasteiger partial charge is 0.382 e. The molecule has 1 fully saturated rings. The van der Waals surface area contributed by atoms with Gasteiger partial charge in [-0.1, -0.05) is 17.3 Å². The van der Waals surface area contributed by atoms with E-state index in [4.69, 9.17) is 14.7 Å². The molecule has 9 nitrogen and oxygen atoms in total. The first-order chi connectivity index (χ1) is 13.5. The minimum Gasteiger partial charge on any atom is -0.382 e. The van der Waals surface area contributed by atoms with Crippen LogP contribution in [0, 0.1) is 5.41 Å². The number of nitrogens with zero attached hydrogens (tertiary/aromatic N) is 4. The zero-order chi connectivity index (χ0) is 20.1. The summed E-state index contributed by atoms with van der Waals surface area (Å²) in [6.45, 7) is 6.64. The molecule has 2 aromatic rings. The van der Waals surface area contributed by atoms with Crippen LogP contribution in [0.1, 0.15) is 19.4 Å². The third-order valence-corrected chi connectivity index (χ3v) is 4.50. The number of hydrogen-bond acceptors (Lipinski definition) is 8. The van der Waals surface area contributed by atoms with Crippen molar-refractivity contribution >= 4 is 23.8 Å². The average molecular weight is 386 g/mol. The lowest BCUT2D eigenvalue weighted by molar-refractivity contribution is -0.135. The molecule has 28 heavy (non-hydrogen) atoms. The first-order valence-electron chi connectivity index (χ1n) is 9.28. The topological polar surface area (TPSA) is 108 Å². The Kier molecular flexibility index (Phi) is 6.25. The molecule has 0 aliphatic carbocycles. The predicted octanol–water partition coefficient (Wildman–Crippen LogP) is 1.85. The molecule has 2 N–H and O–H groups in total. The zero-order valence-corrected chi connectivity index (χ0v) is 16.4. The van der Waals surface area contributed by atoms with Crippen molar-refractivity contribution < 1.29 is 14.1 Å². The molecule has 9 heteroatoms. The normalized spacial score (nSPS) is 14.4. The van der Waals surface area contributed by atoms with Crippen molar-refractivity contribution in [2.24, 2.45) is 0 Å². The maximum absolute atomic E-state index is 11.9. The summed E-state index contributed by atoms with van der Waals surface area (Å²) in [5.74, 6) is 0.487. The minimum absolute atomic E-state index is 0.00941. The van der Waals surface area contributed by atoms with Crippen molar-refractivity contribution in [3.8, 4) is 11.4 Å². The molecular weight excluding hydrogens is 360 g/mol. The number of carbonyl (C=O) groups excluding carboxylic acids is 1. The van der Waals surface area contributed by atoms with Crippen molar-refractivity contribution in [2.45, 2.75) is 19.9 Å². The van der Waals surface area contributed by atoms with Gasteiger partial charge in [-0.25, -0.2) is 0 Å². The number of ether oxygens (including phenoxy) is 1. The third-order valence-electron chi connectivity index (χ3n) is 4.50. The van der Waals surface area contributed by atoms with E-state index < -0.39 is 0 Å². The van der Waals surface area contributed by atoms with Crippen LogP contribution in [0.4, 0.5) is 11.7 Å². The first kappa shape index (κ1) is 19.8. The Labute approximate surface area is 164 Å². The Balaban J connectivity index is 1.71. The van der Waals surface area contributed by atoms with E-state index in [1.54, 1.807) is 4.90 Å². The zero-order valence-electron chi connectivity index (χ0n) is 16.4. The van der Waals surface area contributed by atoms with Crippen LogP contribution < -0.4 is 10.2 Å². The molecule has 1 aliphatic rings. The monoisotopic (exact) mass is 386 g/mol. The summed E-state index contributed by atoms with van der Waals surface area (Å²) in [5, 5.41) is 15.0. The highest BCUT2D eigenvalue weighted by Gasteiger charge is 2.24. The van der Waals surface area contributed by atoms with E-state index in [0.717, 1.165) is 16.8 Å².